The maximum Gasteiger partial charge on any atom is 0.243 e. The van der Waals surface area contributed by atoms with E-state index < -0.39 is 37.9 Å². The van der Waals surface area contributed by atoms with Crippen LogP contribution >= 0.6 is 0 Å². The van der Waals surface area contributed by atoms with E-state index in [1.54, 1.807) is 24.3 Å². The van der Waals surface area contributed by atoms with Crippen molar-refractivity contribution in [3.8, 4) is 5.75 Å². The van der Waals surface area contributed by atoms with Gasteiger partial charge in [0, 0.05) is 31.0 Å². The Morgan fingerprint density at radius 2 is 1.79 bits per heavy atom. The van der Waals surface area contributed by atoms with Gasteiger partial charge in [-0.3, -0.25) is 4.79 Å². The van der Waals surface area contributed by atoms with Crippen LogP contribution in [-0.4, -0.2) is 38.3 Å². The lowest BCUT2D eigenvalue weighted by molar-refractivity contribution is -0.121. The second-order valence-corrected chi connectivity index (χ2v) is 9.23. The van der Waals surface area contributed by atoms with E-state index in [-0.39, 0.29) is 26.1 Å². The Hall–Kier alpha value is -2.52. The molecule has 1 amide bonds. The van der Waals surface area contributed by atoms with Crippen molar-refractivity contribution < 1.29 is 26.7 Å². The van der Waals surface area contributed by atoms with Crippen molar-refractivity contribution in [1.82, 2.24) is 4.31 Å². The number of hydrogen-bond donors (Lipinski definition) is 1. The van der Waals surface area contributed by atoms with E-state index in [0.29, 0.717) is 24.7 Å². The lowest BCUT2D eigenvalue weighted by Crippen LogP contribution is -2.50. The number of halogens is 2. The van der Waals surface area contributed by atoms with Crippen LogP contribution in [0.3, 0.4) is 0 Å². The molecule has 0 radical (unpaired) electrons. The first-order valence-electron chi connectivity index (χ1n) is 9.13. The van der Waals surface area contributed by atoms with Crippen LogP contribution in [0.1, 0.15) is 19.3 Å². The van der Waals surface area contributed by atoms with Crippen molar-refractivity contribution in [2.24, 2.45) is 11.1 Å². The first-order valence-corrected chi connectivity index (χ1v) is 10.6. The van der Waals surface area contributed by atoms with Gasteiger partial charge in [0.05, 0.1) is 11.5 Å². The van der Waals surface area contributed by atoms with Gasteiger partial charge >= 0.3 is 0 Å². The largest absolute Gasteiger partial charge is 0.493 e. The molecule has 9 heteroatoms. The molecule has 0 aliphatic carbocycles. The monoisotopic (exact) mass is 424 g/mol. The highest BCUT2D eigenvalue weighted by Crippen LogP contribution is 2.36. The number of benzene rings is 2. The van der Waals surface area contributed by atoms with Gasteiger partial charge in [-0.05, 0) is 37.1 Å². The highest BCUT2D eigenvalue weighted by atomic mass is 32.2. The van der Waals surface area contributed by atoms with Gasteiger partial charge in [0.2, 0.25) is 15.9 Å². The summed E-state index contributed by atoms with van der Waals surface area (Å²) in [5.74, 6) is -1.94. The zero-order chi connectivity index (χ0) is 21.1. The van der Waals surface area contributed by atoms with Gasteiger partial charge in [-0.15, -0.1) is 0 Å². The summed E-state index contributed by atoms with van der Waals surface area (Å²) in [6, 6.07) is 11.1. The summed E-state index contributed by atoms with van der Waals surface area (Å²) in [5, 5.41) is 0. The average Bonchev–Trinajstić information content (AvgIpc) is 2.66. The molecular formula is C20H22F2N2O4S. The van der Waals surface area contributed by atoms with Crippen LogP contribution in [0.2, 0.25) is 0 Å². The van der Waals surface area contributed by atoms with Crippen LogP contribution in [0.5, 0.6) is 5.75 Å². The van der Waals surface area contributed by atoms with Gasteiger partial charge in [-0.2, -0.15) is 4.31 Å². The third-order valence-electron chi connectivity index (χ3n) is 4.94. The van der Waals surface area contributed by atoms with Crippen LogP contribution in [0.4, 0.5) is 8.78 Å². The van der Waals surface area contributed by atoms with Gasteiger partial charge in [-0.1, -0.05) is 18.2 Å². The lowest BCUT2D eigenvalue weighted by Gasteiger charge is -2.41. The van der Waals surface area contributed by atoms with Crippen molar-refractivity contribution in [3.63, 3.8) is 0 Å². The average molecular weight is 424 g/mol. The Morgan fingerprint density at radius 3 is 2.41 bits per heavy atom. The summed E-state index contributed by atoms with van der Waals surface area (Å²) < 4.78 is 60.0. The summed E-state index contributed by atoms with van der Waals surface area (Å²) in [7, 11) is -4.15. The molecule has 156 valence electrons. The standard InChI is InChI=1S/C20H22F2N2O4S/c21-15-9-16(22)11-18(10-15)29(26,27)24-8-4-7-20(13-24,12-19(23)25)14-28-17-5-2-1-3-6-17/h1-3,5-6,9-11H,4,7-8,12-14H2,(H2,23,25)/t20-/m0/s1. The number of sulfonamides is 1. The molecule has 1 saturated heterocycles. The minimum absolute atomic E-state index is 0.0385. The molecule has 0 spiro atoms. The first kappa shape index (κ1) is 21.2. The molecule has 3 rings (SSSR count). The molecule has 1 heterocycles. The molecule has 2 N–H and O–H groups in total. The fourth-order valence-electron chi connectivity index (χ4n) is 3.63. The summed E-state index contributed by atoms with van der Waals surface area (Å²) in [6.07, 6.45) is 0.929. The van der Waals surface area contributed by atoms with Crippen LogP contribution in [0.15, 0.2) is 53.4 Å². The number of ether oxygens (including phenoxy) is 1. The minimum atomic E-state index is -4.15. The van der Waals surface area contributed by atoms with Crippen molar-refractivity contribution >= 4 is 15.9 Å². The minimum Gasteiger partial charge on any atom is -0.493 e. The second kappa shape index (κ2) is 8.46. The number of hydrogen-bond acceptors (Lipinski definition) is 4. The Labute approximate surface area is 168 Å². The zero-order valence-electron chi connectivity index (χ0n) is 15.7. The predicted octanol–water partition coefficient (Wildman–Crippen LogP) is 2.69. The van der Waals surface area contributed by atoms with Gasteiger partial charge in [-0.25, -0.2) is 17.2 Å². The maximum absolute atomic E-state index is 13.6. The maximum atomic E-state index is 13.6. The molecule has 29 heavy (non-hydrogen) atoms. The quantitative estimate of drug-likeness (QED) is 0.740. The Morgan fingerprint density at radius 1 is 1.14 bits per heavy atom. The molecule has 2 aromatic rings. The number of rotatable bonds is 7. The normalized spacial score (nSPS) is 20.3. The van der Waals surface area contributed by atoms with Gasteiger partial charge in [0.25, 0.3) is 0 Å². The molecule has 0 saturated carbocycles. The van der Waals surface area contributed by atoms with E-state index in [2.05, 4.69) is 0 Å². The summed E-state index contributed by atoms with van der Waals surface area (Å²) in [4.78, 5) is 11.2. The van der Waals surface area contributed by atoms with Crippen molar-refractivity contribution in [3.05, 3.63) is 60.2 Å². The van der Waals surface area contributed by atoms with Crippen LogP contribution in [-0.2, 0) is 14.8 Å². The van der Waals surface area contributed by atoms with Gasteiger partial charge in [0.15, 0.2) is 0 Å². The molecule has 1 fully saturated rings. The van der Waals surface area contributed by atoms with Crippen molar-refractivity contribution in [1.29, 1.82) is 0 Å². The van der Waals surface area contributed by atoms with E-state index >= 15 is 0 Å². The second-order valence-electron chi connectivity index (χ2n) is 7.29. The molecule has 0 bridgehead atoms. The zero-order valence-corrected chi connectivity index (χ0v) is 16.5. The van der Waals surface area contributed by atoms with Crippen molar-refractivity contribution in [2.75, 3.05) is 19.7 Å². The number of amides is 1. The Bertz CT molecular complexity index is 965. The first-order chi connectivity index (χ1) is 13.7. The number of carbonyl (C=O) groups is 1. The van der Waals surface area contributed by atoms with Crippen LogP contribution in [0, 0.1) is 17.0 Å². The van der Waals surface area contributed by atoms with E-state index in [1.165, 1.54) is 0 Å². The molecule has 0 unspecified atom stereocenters. The van der Waals surface area contributed by atoms with Gasteiger partial charge < -0.3 is 10.5 Å². The molecule has 1 aliphatic rings. The number of nitrogens with two attached hydrogens (primary N) is 1. The van der Waals surface area contributed by atoms with E-state index in [1.807, 2.05) is 6.07 Å². The molecule has 6 nitrogen and oxygen atoms in total. The van der Waals surface area contributed by atoms with Crippen LogP contribution in [0.25, 0.3) is 0 Å². The molecule has 0 aromatic heterocycles. The van der Waals surface area contributed by atoms with Gasteiger partial charge in [0.1, 0.15) is 17.4 Å². The predicted molar refractivity (Wildman–Crippen MR) is 103 cm³/mol. The Kier molecular flexibility index (Phi) is 6.18. The highest BCUT2D eigenvalue weighted by Gasteiger charge is 2.42. The van der Waals surface area contributed by atoms with Crippen molar-refractivity contribution in [2.45, 2.75) is 24.2 Å². The topological polar surface area (TPSA) is 89.7 Å². The number of para-hydroxylation sites is 1. The number of nitrogens with zero attached hydrogens (tertiary/aromatic N) is 1. The third-order valence-corrected chi connectivity index (χ3v) is 6.76. The molecular weight excluding hydrogens is 402 g/mol. The fourth-order valence-corrected chi connectivity index (χ4v) is 5.26. The number of primary amides is 1. The third kappa shape index (κ3) is 5.10. The lowest BCUT2D eigenvalue weighted by atomic mass is 9.78. The van der Waals surface area contributed by atoms with E-state index in [9.17, 15) is 22.0 Å². The SMILES string of the molecule is NC(=O)C[C@@]1(COc2ccccc2)CCCN(S(=O)(=O)c2cc(F)cc(F)c2)C1. The summed E-state index contributed by atoms with van der Waals surface area (Å²) in [5.41, 5.74) is 4.59. The van der Waals surface area contributed by atoms with E-state index in [0.717, 1.165) is 16.4 Å². The highest BCUT2D eigenvalue weighted by molar-refractivity contribution is 7.89. The summed E-state index contributed by atoms with van der Waals surface area (Å²) in [6.45, 7) is 0.221. The van der Waals surface area contributed by atoms with E-state index in [4.69, 9.17) is 10.5 Å². The molecule has 1 aliphatic heterocycles. The number of carbonyl (C=O) groups excluding carboxylic acids is 1. The molecule has 1 atom stereocenters. The Balaban J connectivity index is 1.86. The molecule has 2 aromatic carbocycles. The fraction of sp³-hybridized carbons (Fsp3) is 0.350. The van der Waals surface area contributed by atoms with Crippen LogP contribution < -0.4 is 10.5 Å². The number of piperidine rings is 1. The smallest absolute Gasteiger partial charge is 0.243 e. The summed E-state index contributed by atoms with van der Waals surface area (Å²) >= 11 is 0.